The minimum Gasteiger partial charge on any atom is -0.396 e. The third-order valence-corrected chi connectivity index (χ3v) is 2.17. The lowest BCUT2D eigenvalue weighted by molar-refractivity contribution is -0.164. The van der Waals surface area contributed by atoms with E-state index >= 15 is 0 Å². The molecule has 0 saturated carbocycles. The van der Waals surface area contributed by atoms with E-state index in [1.54, 1.807) is 0 Å². The summed E-state index contributed by atoms with van der Waals surface area (Å²) in [5, 5.41) is 11.1. The van der Waals surface area contributed by atoms with E-state index in [4.69, 9.17) is 5.11 Å². The number of nitrogens with one attached hydrogen (secondary N) is 1. The minimum absolute atomic E-state index is 0. The predicted octanol–water partition coefficient (Wildman–Crippen LogP) is 0.909. The number of piperidine rings is 1. The number of rotatable bonds is 1. The van der Waals surface area contributed by atoms with Gasteiger partial charge in [0.15, 0.2) is 0 Å². The second-order valence-corrected chi connectivity index (χ2v) is 3.12. The Hall–Kier alpha value is -0.290. The molecule has 1 rings (SSSR count). The maximum absolute atomic E-state index is 12.1. The van der Waals surface area contributed by atoms with Crippen LogP contribution in [0, 0.1) is 5.92 Å². The maximum atomic E-state index is 12.1. The average molecular weight is 183 g/mol. The number of hydrogen-bond donors (Lipinski definition) is 2. The first kappa shape index (κ1) is 9.80. The number of hydrogen-bond acceptors (Lipinski definition) is 2. The molecular formula is C7H12F3NO. The third kappa shape index (κ3) is 2.35. The molecule has 1 fully saturated rings. The van der Waals surface area contributed by atoms with E-state index in [9.17, 15) is 13.2 Å². The van der Waals surface area contributed by atoms with Gasteiger partial charge in [-0.2, -0.15) is 13.2 Å². The first-order chi connectivity index (χ1) is 5.54. The molecule has 2 nitrogen and oxygen atoms in total. The topological polar surface area (TPSA) is 32.3 Å². The summed E-state index contributed by atoms with van der Waals surface area (Å²) in [4.78, 5) is 0. The van der Waals surface area contributed by atoms with Crippen molar-refractivity contribution in [2.75, 3.05) is 13.2 Å². The predicted molar refractivity (Wildman–Crippen MR) is 37.7 cm³/mol. The van der Waals surface area contributed by atoms with Crippen LogP contribution in [0.4, 0.5) is 13.2 Å². The molecule has 0 aromatic rings. The molecule has 12 heavy (non-hydrogen) atoms. The molecule has 5 heteroatoms. The van der Waals surface area contributed by atoms with Crippen LogP contribution in [0.5, 0.6) is 0 Å². The summed E-state index contributed by atoms with van der Waals surface area (Å²) in [5.41, 5.74) is 0. The summed E-state index contributed by atoms with van der Waals surface area (Å²) < 4.78 is 36.3. The molecule has 1 aliphatic heterocycles. The lowest BCUT2D eigenvalue weighted by Crippen LogP contribution is -2.48. The van der Waals surface area contributed by atoms with Crippen LogP contribution in [-0.2, 0) is 0 Å². The zero-order valence-electron chi connectivity index (χ0n) is 6.56. The van der Waals surface area contributed by atoms with Crippen LogP contribution in [-0.4, -0.2) is 30.5 Å². The van der Waals surface area contributed by atoms with Gasteiger partial charge in [0, 0.05) is 6.61 Å². The van der Waals surface area contributed by atoms with Crippen molar-refractivity contribution < 1.29 is 18.3 Å². The second-order valence-electron chi connectivity index (χ2n) is 3.12. The van der Waals surface area contributed by atoms with Crippen LogP contribution in [0.3, 0.4) is 0 Å². The van der Waals surface area contributed by atoms with Gasteiger partial charge in [0.2, 0.25) is 0 Å². The van der Waals surface area contributed by atoms with Crippen LogP contribution < -0.4 is 5.32 Å². The van der Waals surface area contributed by atoms with E-state index in [0.29, 0.717) is 13.0 Å². The highest BCUT2D eigenvalue weighted by atomic mass is 19.4. The molecule has 0 spiro atoms. The van der Waals surface area contributed by atoms with E-state index < -0.39 is 12.2 Å². The normalized spacial score (nSPS) is 32.0. The van der Waals surface area contributed by atoms with Crippen molar-refractivity contribution in [1.29, 1.82) is 0 Å². The maximum Gasteiger partial charge on any atom is 0.403 e. The summed E-state index contributed by atoms with van der Waals surface area (Å²) in [5.74, 6) is -0.196. The molecule has 0 aromatic heterocycles. The van der Waals surface area contributed by atoms with Crippen molar-refractivity contribution >= 4 is 0 Å². The van der Waals surface area contributed by atoms with Gasteiger partial charge in [-0.25, -0.2) is 0 Å². The standard InChI is InChI=1S/C7H12F3NO/c8-7(9,10)6-3-5(4-12)1-2-11-6/h5-6,11-12H,1-4H2/t5-,6+/m1/s1. The summed E-state index contributed by atoms with van der Waals surface area (Å²) in [7, 11) is 0. The van der Waals surface area contributed by atoms with E-state index in [1.165, 1.54) is 0 Å². The van der Waals surface area contributed by atoms with Crippen LogP contribution in [0.25, 0.3) is 0 Å². The van der Waals surface area contributed by atoms with Gasteiger partial charge in [0.1, 0.15) is 6.04 Å². The largest absolute Gasteiger partial charge is 0.403 e. The van der Waals surface area contributed by atoms with Crippen molar-refractivity contribution in [2.45, 2.75) is 25.1 Å². The Morgan fingerprint density at radius 3 is 2.58 bits per heavy atom. The molecule has 1 heterocycles. The van der Waals surface area contributed by atoms with Gasteiger partial charge in [-0.1, -0.05) is 0 Å². The fourth-order valence-corrected chi connectivity index (χ4v) is 1.41. The molecule has 72 valence electrons. The average Bonchev–Trinajstić information content (AvgIpc) is 2.03. The summed E-state index contributed by atoms with van der Waals surface area (Å²) in [6, 6.07) is -1.43. The molecule has 0 aromatic carbocycles. The lowest BCUT2D eigenvalue weighted by Gasteiger charge is -2.30. The Morgan fingerprint density at radius 2 is 2.08 bits per heavy atom. The molecule has 0 radical (unpaired) electrons. The molecule has 2 atom stereocenters. The van der Waals surface area contributed by atoms with Gasteiger partial charge in [-0.05, 0) is 25.3 Å². The van der Waals surface area contributed by atoms with Gasteiger partial charge in [-0.3, -0.25) is 0 Å². The first-order valence-electron chi connectivity index (χ1n) is 3.95. The van der Waals surface area contributed by atoms with Gasteiger partial charge in [-0.15, -0.1) is 0 Å². The smallest absolute Gasteiger partial charge is 0.396 e. The lowest BCUT2D eigenvalue weighted by atomic mass is 9.93. The Morgan fingerprint density at radius 1 is 1.42 bits per heavy atom. The minimum atomic E-state index is -4.17. The van der Waals surface area contributed by atoms with Crippen molar-refractivity contribution in [3.63, 3.8) is 0 Å². The molecule has 1 aliphatic rings. The van der Waals surface area contributed by atoms with Crippen LogP contribution in [0.15, 0.2) is 0 Å². The first-order valence-corrected chi connectivity index (χ1v) is 3.95. The van der Waals surface area contributed by atoms with Crippen LogP contribution in [0.1, 0.15) is 12.8 Å². The Bertz CT molecular complexity index is 148. The fraction of sp³-hybridized carbons (Fsp3) is 1.00. The number of alkyl halides is 3. The highest BCUT2D eigenvalue weighted by Gasteiger charge is 2.41. The number of halogens is 3. The van der Waals surface area contributed by atoms with Crippen molar-refractivity contribution in [3.05, 3.63) is 0 Å². The van der Waals surface area contributed by atoms with Gasteiger partial charge in [0.25, 0.3) is 0 Å². The van der Waals surface area contributed by atoms with E-state index in [1.807, 2.05) is 0 Å². The van der Waals surface area contributed by atoms with Crippen LogP contribution >= 0.6 is 0 Å². The van der Waals surface area contributed by atoms with E-state index in [2.05, 4.69) is 5.32 Å². The van der Waals surface area contributed by atoms with Gasteiger partial charge < -0.3 is 10.4 Å². The molecule has 0 unspecified atom stereocenters. The number of aliphatic hydroxyl groups excluding tert-OH is 1. The Balaban J connectivity index is 2.46. The zero-order valence-corrected chi connectivity index (χ0v) is 6.56. The highest BCUT2D eigenvalue weighted by molar-refractivity contribution is 4.83. The monoisotopic (exact) mass is 183 g/mol. The Kier molecular flexibility index (Phi) is 2.95. The molecule has 0 bridgehead atoms. The quantitative estimate of drug-likeness (QED) is 0.633. The van der Waals surface area contributed by atoms with Crippen molar-refractivity contribution in [3.8, 4) is 0 Å². The summed E-state index contributed by atoms with van der Waals surface area (Å²) in [6.45, 7) is 0.198. The number of aliphatic hydroxyl groups is 1. The second kappa shape index (κ2) is 3.62. The Labute approximate surface area is 68.8 Å². The van der Waals surface area contributed by atoms with Gasteiger partial charge >= 0.3 is 6.18 Å². The summed E-state index contributed by atoms with van der Waals surface area (Å²) in [6.07, 6.45) is -3.54. The molecule has 0 amide bonds. The van der Waals surface area contributed by atoms with E-state index in [-0.39, 0.29) is 18.9 Å². The molecule has 0 aliphatic carbocycles. The molecule has 1 saturated heterocycles. The molecular weight excluding hydrogens is 171 g/mol. The zero-order chi connectivity index (χ0) is 9.19. The summed E-state index contributed by atoms with van der Waals surface area (Å²) >= 11 is 0. The fourth-order valence-electron chi connectivity index (χ4n) is 1.41. The third-order valence-electron chi connectivity index (χ3n) is 2.17. The highest BCUT2D eigenvalue weighted by Crippen LogP contribution is 2.28. The van der Waals surface area contributed by atoms with E-state index in [0.717, 1.165) is 0 Å². The van der Waals surface area contributed by atoms with Gasteiger partial charge in [0.05, 0.1) is 0 Å². The van der Waals surface area contributed by atoms with Crippen molar-refractivity contribution in [2.24, 2.45) is 5.92 Å². The van der Waals surface area contributed by atoms with Crippen LogP contribution in [0.2, 0.25) is 0 Å². The SMILES string of the molecule is OC[C@@H]1CCN[C@H](C(F)(F)F)C1. The van der Waals surface area contributed by atoms with Crippen molar-refractivity contribution in [1.82, 2.24) is 5.32 Å². The molecule has 2 N–H and O–H groups in total.